The van der Waals surface area contributed by atoms with Crippen molar-refractivity contribution < 1.29 is 8.42 Å². The monoisotopic (exact) mass is 529 g/mol. The lowest BCUT2D eigenvalue weighted by Crippen LogP contribution is -2.50. The van der Waals surface area contributed by atoms with Crippen LogP contribution in [0.2, 0.25) is 0 Å². The van der Waals surface area contributed by atoms with Gasteiger partial charge in [0.15, 0.2) is 5.96 Å². The highest BCUT2D eigenvalue weighted by molar-refractivity contribution is 14.0. The molecule has 10 heteroatoms. The lowest BCUT2D eigenvalue weighted by molar-refractivity contribution is 0.306. The number of sulfonamides is 1. The van der Waals surface area contributed by atoms with Crippen LogP contribution in [-0.2, 0) is 16.4 Å². The number of aryl methyl sites for hydroxylation is 2. The summed E-state index contributed by atoms with van der Waals surface area (Å²) < 4.78 is 25.9. The van der Waals surface area contributed by atoms with Gasteiger partial charge in [-0.15, -0.1) is 35.3 Å². The molecular weight excluding hydrogens is 497 g/mol. The third-order valence-corrected chi connectivity index (χ3v) is 7.73. The van der Waals surface area contributed by atoms with Crippen molar-refractivity contribution in [1.29, 1.82) is 0 Å². The molecule has 7 nitrogen and oxygen atoms in total. The van der Waals surface area contributed by atoms with Crippen LogP contribution in [0.15, 0.2) is 4.99 Å². The molecule has 2 N–H and O–H groups in total. The summed E-state index contributed by atoms with van der Waals surface area (Å²) in [5.74, 6) is 1.02. The third-order valence-electron chi connectivity index (χ3n) is 4.52. The van der Waals surface area contributed by atoms with Gasteiger partial charge in [-0.1, -0.05) is 6.92 Å². The number of thiazole rings is 1. The molecule has 1 aliphatic rings. The van der Waals surface area contributed by atoms with Crippen LogP contribution in [0.3, 0.4) is 0 Å². The fourth-order valence-electron chi connectivity index (χ4n) is 3.15. The summed E-state index contributed by atoms with van der Waals surface area (Å²) in [4.78, 5) is 10.0. The maximum absolute atomic E-state index is 12.1. The summed E-state index contributed by atoms with van der Waals surface area (Å²) in [5, 5.41) is 7.87. The summed E-state index contributed by atoms with van der Waals surface area (Å²) in [7, 11) is -1.32. The topological polar surface area (TPSA) is 86.7 Å². The summed E-state index contributed by atoms with van der Waals surface area (Å²) in [6.45, 7) is 7.93. The molecule has 1 aliphatic heterocycles. The second-order valence-electron chi connectivity index (χ2n) is 6.62. The van der Waals surface area contributed by atoms with E-state index in [1.165, 1.54) is 4.88 Å². The molecule has 156 valence electrons. The minimum Gasteiger partial charge on any atom is -0.356 e. The standard InChI is InChI=1S/C17H31N5O2S2.HI/c1-5-12-26(23,24)22-10-7-15(8-11-22)21-17(18-4)19-9-6-16-13(2)20-14(3)25-16;/h15H,5-12H2,1-4H3,(H2,18,19,21);1H. The second-order valence-corrected chi connectivity index (χ2v) is 10.0. The van der Waals surface area contributed by atoms with Crippen LogP contribution in [0.5, 0.6) is 0 Å². The van der Waals surface area contributed by atoms with E-state index in [9.17, 15) is 8.42 Å². The first-order chi connectivity index (χ1) is 12.4. The Kier molecular flexibility index (Phi) is 10.5. The highest BCUT2D eigenvalue weighted by Gasteiger charge is 2.27. The summed E-state index contributed by atoms with van der Waals surface area (Å²) >= 11 is 1.74. The first-order valence-corrected chi connectivity index (χ1v) is 11.7. The van der Waals surface area contributed by atoms with Gasteiger partial charge in [0.25, 0.3) is 0 Å². The number of hydrogen-bond acceptors (Lipinski definition) is 5. The van der Waals surface area contributed by atoms with E-state index in [0.29, 0.717) is 19.5 Å². The van der Waals surface area contributed by atoms with E-state index in [1.807, 2.05) is 20.8 Å². The zero-order valence-electron chi connectivity index (χ0n) is 16.6. The lowest BCUT2D eigenvalue weighted by atomic mass is 10.1. The van der Waals surface area contributed by atoms with E-state index >= 15 is 0 Å². The molecule has 2 rings (SSSR count). The Morgan fingerprint density at radius 2 is 2.00 bits per heavy atom. The molecule has 1 fully saturated rings. The zero-order valence-corrected chi connectivity index (χ0v) is 20.6. The fraction of sp³-hybridized carbons (Fsp3) is 0.765. The van der Waals surface area contributed by atoms with Crippen LogP contribution in [-0.4, -0.2) is 62.1 Å². The molecule has 1 aromatic heterocycles. The smallest absolute Gasteiger partial charge is 0.214 e. The molecule has 0 saturated carbocycles. The predicted octanol–water partition coefficient (Wildman–Crippen LogP) is 2.29. The number of aliphatic imine (C=N–C) groups is 1. The van der Waals surface area contributed by atoms with Gasteiger partial charge in [0, 0.05) is 44.0 Å². The van der Waals surface area contributed by atoms with E-state index in [2.05, 4.69) is 20.6 Å². The fourth-order valence-corrected chi connectivity index (χ4v) is 5.63. The molecule has 0 amide bonds. The first-order valence-electron chi connectivity index (χ1n) is 9.23. The average molecular weight is 530 g/mol. The molecule has 1 aromatic rings. The van der Waals surface area contributed by atoms with Crippen molar-refractivity contribution in [2.75, 3.05) is 32.4 Å². The molecule has 0 aliphatic carbocycles. The first kappa shape index (κ1) is 24.6. The van der Waals surface area contributed by atoms with Crippen molar-refractivity contribution in [2.45, 2.75) is 52.5 Å². The lowest BCUT2D eigenvalue weighted by Gasteiger charge is -2.32. The molecule has 0 unspecified atom stereocenters. The zero-order chi connectivity index (χ0) is 19.2. The number of halogens is 1. The van der Waals surface area contributed by atoms with Crippen molar-refractivity contribution >= 4 is 51.3 Å². The number of piperidine rings is 1. The third kappa shape index (κ3) is 7.47. The molecule has 0 aromatic carbocycles. The Morgan fingerprint density at radius 1 is 1.33 bits per heavy atom. The van der Waals surface area contributed by atoms with E-state index in [-0.39, 0.29) is 35.8 Å². The van der Waals surface area contributed by atoms with Crippen LogP contribution in [0.25, 0.3) is 0 Å². The van der Waals surface area contributed by atoms with Gasteiger partial charge in [0.05, 0.1) is 16.5 Å². The molecule has 0 radical (unpaired) electrons. The largest absolute Gasteiger partial charge is 0.356 e. The number of guanidine groups is 1. The molecule has 1 saturated heterocycles. The van der Waals surface area contributed by atoms with Crippen molar-refractivity contribution in [3.63, 3.8) is 0 Å². The van der Waals surface area contributed by atoms with Gasteiger partial charge in [0.2, 0.25) is 10.0 Å². The number of nitrogens with one attached hydrogen (secondary N) is 2. The Hall–Kier alpha value is -0.460. The van der Waals surface area contributed by atoms with Crippen molar-refractivity contribution in [1.82, 2.24) is 19.9 Å². The van der Waals surface area contributed by atoms with E-state index in [1.54, 1.807) is 22.7 Å². The maximum Gasteiger partial charge on any atom is 0.214 e. The second kappa shape index (κ2) is 11.5. The number of aromatic nitrogens is 1. The van der Waals surface area contributed by atoms with Crippen LogP contribution in [0.1, 0.15) is 41.8 Å². The number of nitrogens with zero attached hydrogens (tertiary/aromatic N) is 3. The van der Waals surface area contributed by atoms with E-state index in [0.717, 1.165) is 42.5 Å². The summed E-state index contributed by atoms with van der Waals surface area (Å²) in [6.07, 6.45) is 3.19. The molecule has 0 atom stereocenters. The van der Waals surface area contributed by atoms with E-state index < -0.39 is 10.0 Å². The SMILES string of the molecule is CCCS(=O)(=O)N1CCC(NC(=NC)NCCc2sc(C)nc2C)CC1.I. The van der Waals surface area contributed by atoms with Gasteiger partial charge in [-0.05, 0) is 33.1 Å². The normalized spacial score (nSPS) is 16.8. The van der Waals surface area contributed by atoms with Crippen LogP contribution >= 0.6 is 35.3 Å². The maximum atomic E-state index is 12.1. The molecule has 0 spiro atoms. The van der Waals surface area contributed by atoms with Crippen LogP contribution in [0.4, 0.5) is 0 Å². The van der Waals surface area contributed by atoms with Crippen LogP contribution in [0, 0.1) is 13.8 Å². The van der Waals surface area contributed by atoms with Crippen molar-refractivity contribution in [2.24, 2.45) is 4.99 Å². The Labute approximate surface area is 184 Å². The van der Waals surface area contributed by atoms with Gasteiger partial charge in [-0.2, -0.15) is 0 Å². The van der Waals surface area contributed by atoms with E-state index in [4.69, 9.17) is 0 Å². The summed E-state index contributed by atoms with van der Waals surface area (Å²) in [5.41, 5.74) is 1.11. The Bertz CT molecular complexity index is 713. The van der Waals surface area contributed by atoms with Gasteiger partial charge < -0.3 is 10.6 Å². The Balaban J connectivity index is 0.00000364. The van der Waals surface area contributed by atoms with Gasteiger partial charge in [-0.3, -0.25) is 4.99 Å². The summed E-state index contributed by atoms with van der Waals surface area (Å²) in [6, 6.07) is 0.252. The Morgan fingerprint density at radius 3 is 2.52 bits per heavy atom. The minimum absolute atomic E-state index is 0. The molecular formula is C17H32IN5O2S2. The van der Waals surface area contributed by atoms with Gasteiger partial charge >= 0.3 is 0 Å². The highest BCUT2D eigenvalue weighted by atomic mass is 127. The molecule has 0 bridgehead atoms. The van der Waals surface area contributed by atoms with Gasteiger partial charge in [0.1, 0.15) is 0 Å². The molecule has 27 heavy (non-hydrogen) atoms. The quantitative estimate of drug-likeness (QED) is 0.322. The highest BCUT2D eigenvalue weighted by Crippen LogP contribution is 2.17. The predicted molar refractivity (Wildman–Crippen MR) is 124 cm³/mol. The average Bonchev–Trinajstić information content (AvgIpc) is 2.92. The number of rotatable bonds is 7. The van der Waals surface area contributed by atoms with Crippen LogP contribution < -0.4 is 10.6 Å². The van der Waals surface area contributed by atoms with Gasteiger partial charge in [-0.25, -0.2) is 17.7 Å². The minimum atomic E-state index is -3.08. The molecule has 2 heterocycles. The number of hydrogen-bond donors (Lipinski definition) is 2. The van der Waals surface area contributed by atoms with Crippen molar-refractivity contribution in [3.8, 4) is 0 Å². The van der Waals surface area contributed by atoms with Crippen molar-refractivity contribution in [3.05, 3.63) is 15.6 Å².